The summed E-state index contributed by atoms with van der Waals surface area (Å²) in [7, 11) is 1.65. The van der Waals surface area contributed by atoms with Crippen molar-refractivity contribution >= 4 is 11.8 Å². The number of aromatic nitrogens is 1. The number of nitrogens with zero attached hydrogens (tertiary/aromatic N) is 2. The molecule has 0 radical (unpaired) electrons. The minimum absolute atomic E-state index is 0.00166. The average Bonchev–Trinajstić information content (AvgIpc) is 3.43. The van der Waals surface area contributed by atoms with Crippen molar-refractivity contribution in [3.8, 4) is 0 Å². The fourth-order valence-electron chi connectivity index (χ4n) is 5.33. The van der Waals surface area contributed by atoms with Crippen molar-refractivity contribution in [2.24, 2.45) is 5.92 Å². The molecule has 0 bridgehead atoms. The van der Waals surface area contributed by atoms with E-state index >= 15 is 0 Å². The molecule has 4 rings (SSSR count). The predicted molar refractivity (Wildman–Crippen MR) is 131 cm³/mol. The van der Waals surface area contributed by atoms with Crippen LogP contribution in [0, 0.1) is 5.92 Å². The number of nitrogens with one attached hydrogen (secondary N) is 1. The van der Waals surface area contributed by atoms with Crippen LogP contribution < -0.4 is 5.32 Å². The van der Waals surface area contributed by atoms with E-state index in [2.05, 4.69) is 22.6 Å². The largest absolute Gasteiger partial charge is 0.382 e. The SMILES string of the molecule is COCCO[C@H]1[C@H](NC(=O)C(C)C)c2ccccc2C12CCN(C(=O)c1cc(C(C)C)on1)CC2. The summed E-state index contributed by atoms with van der Waals surface area (Å²) in [6.45, 7) is 9.87. The molecule has 2 atom stereocenters. The Labute approximate surface area is 207 Å². The van der Waals surface area contributed by atoms with Crippen LogP contribution >= 0.6 is 0 Å². The lowest BCUT2D eigenvalue weighted by atomic mass is 9.71. The normalized spacial score (nSPS) is 21.1. The number of amides is 2. The van der Waals surface area contributed by atoms with Gasteiger partial charge in [0.05, 0.1) is 25.4 Å². The Hall–Kier alpha value is -2.71. The van der Waals surface area contributed by atoms with Crippen molar-refractivity contribution in [2.75, 3.05) is 33.4 Å². The lowest BCUT2D eigenvalue weighted by Gasteiger charge is -2.44. The molecule has 2 amide bonds. The summed E-state index contributed by atoms with van der Waals surface area (Å²) in [5.41, 5.74) is 2.35. The van der Waals surface area contributed by atoms with Gasteiger partial charge < -0.3 is 24.2 Å². The lowest BCUT2D eigenvalue weighted by molar-refractivity contribution is -0.127. The molecule has 0 saturated carbocycles. The van der Waals surface area contributed by atoms with E-state index in [9.17, 15) is 9.59 Å². The van der Waals surface area contributed by atoms with E-state index < -0.39 is 0 Å². The van der Waals surface area contributed by atoms with Crippen molar-refractivity contribution in [1.82, 2.24) is 15.4 Å². The third kappa shape index (κ3) is 4.86. The summed E-state index contributed by atoms with van der Waals surface area (Å²) in [4.78, 5) is 27.8. The number of likely N-dealkylation sites (tertiary alicyclic amines) is 1. The second-order valence-electron chi connectivity index (χ2n) is 10.2. The van der Waals surface area contributed by atoms with E-state index in [1.54, 1.807) is 13.2 Å². The molecule has 1 spiro atoms. The number of hydrogen-bond donors (Lipinski definition) is 1. The average molecular weight is 484 g/mol. The molecule has 190 valence electrons. The fourth-order valence-corrected chi connectivity index (χ4v) is 5.33. The number of ether oxygens (including phenoxy) is 2. The maximum Gasteiger partial charge on any atom is 0.276 e. The molecular formula is C27H37N3O5. The molecule has 2 aliphatic rings. The molecule has 8 nitrogen and oxygen atoms in total. The van der Waals surface area contributed by atoms with Crippen molar-refractivity contribution < 1.29 is 23.6 Å². The van der Waals surface area contributed by atoms with E-state index in [1.165, 1.54) is 5.56 Å². The quantitative estimate of drug-likeness (QED) is 0.574. The number of carbonyl (C=O) groups excluding carboxylic acids is 2. The number of benzene rings is 1. The molecule has 1 saturated heterocycles. The summed E-state index contributed by atoms with van der Waals surface area (Å²) in [5.74, 6) is 0.648. The molecule has 1 aromatic carbocycles. The van der Waals surface area contributed by atoms with E-state index in [1.807, 2.05) is 44.7 Å². The Bertz CT molecular complexity index is 1040. The molecule has 1 aromatic heterocycles. The van der Waals surface area contributed by atoms with Crippen molar-refractivity contribution in [3.05, 3.63) is 52.9 Å². The third-order valence-electron chi connectivity index (χ3n) is 7.35. The van der Waals surface area contributed by atoms with Crippen molar-refractivity contribution in [3.63, 3.8) is 0 Å². The topological polar surface area (TPSA) is 93.9 Å². The van der Waals surface area contributed by atoms with E-state index in [0.717, 1.165) is 18.4 Å². The monoisotopic (exact) mass is 483 g/mol. The molecule has 35 heavy (non-hydrogen) atoms. The first-order chi connectivity index (χ1) is 16.8. The highest BCUT2D eigenvalue weighted by Crippen LogP contribution is 2.52. The first-order valence-corrected chi connectivity index (χ1v) is 12.5. The molecule has 2 heterocycles. The highest BCUT2D eigenvalue weighted by molar-refractivity contribution is 5.92. The van der Waals surface area contributed by atoms with Crippen LogP contribution in [0.1, 0.15) is 79.9 Å². The van der Waals surface area contributed by atoms with Crippen LogP contribution in [0.2, 0.25) is 0 Å². The standard InChI is InChI=1S/C27H37N3O5/c1-17(2)22-16-21(29-35-22)26(32)30-12-10-27(11-13-30)20-9-7-6-8-19(20)23(28-25(31)18(3)4)24(27)34-15-14-33-5/h6-9,16-18,23-24H,10-15H2,1-5H3,(H,28,31)/t23-,24+/m1/s1. The molecule has 1 N–H and O–H groups in total. The van der Waals surface area contributed by atoms with Gasteiger partial charge in [0.25, 0.3) is 5.91 Å². The fraction of sp³-hybridized carbons (Fsp3) is 0.593. The summed E-state index contributed by atoms with van der Waals surface area (Å²) in [5, 5.41) is 7.26. The second kappa shape index (κ2) is 10.5. The van der Waals surface area contributed by atoms with Crippen LogP contribution in [-0.4, -0.2) is 61.4 Å². The van der Waals surface area contributed by atoms with Crippen LogP contribution in [0.25, 0.3) is 0 Å². The molecule has 1 fully saturated rings. The molecule has 2 aromatic rings. The van der Waals surface area contributed by atoms with Gasteiger partial charge in [0.2, 0.25) is 5.91 Å². The van der Waals surface area contributed by atoms with E-state index in [0.29, 0.717) is 37.8 Å². The van der Waals surface area contributed by atoms with Gasteiger partial charge in [-0.25, -0.2) is 0 Å². The van der Waals surface area contributed by atoms with Crippen molar-refractivity contribution in [1.29, 1.82) is 0 Å². The van der Waals surface area contributed by atoms with Gasteiger partial charge in [-0.15, -0.1) is 0 Å². The van der Waals surface area contributed by atoms with Gasteiger partial charge >= 0.3 is 0 Å². The van der Waals surface area contributed by atoms with Crippen LogP contribution in [0.3, 0.4) is 0 Å². The zero-order valence-corrected chi connectivity index (χ0v) is 21.4. The summed E-state index contributed by atoms with van der Waals surface area (Å²) in [6.07, 6.45) is 1.22. The smallest absolute Gasteiger partial charge is 0.276 e. The number of carbonyl (C=O) groups is 2. The van der Waals surface area contributed by atoms with Gasteiger partial charge in [0.1, 0.15) is 5.76 Å². The van der Waals surface area contributed by atoms with Crippen LogP contribution in [0.15, 0.2) is 34.9 Å². The van der Waals surface area contributed by atoms with Crippen LogP contribution in [0.4, 0.5) is 0 Å². The zero-order valence-electron chi connectivity index (χ0n) is 21.4. The number of piperidine rings is 1. The predicted octanol–water partition coefficient (Wildman–Crippen LogP) is 3.83. The molecule has 1 aliphatic carbocycles. The summed E-state index contributed by atoms with van der Waals surface area (Å²) < 4.78 is 17.0. The first kappa shape index (κ1) is 25.4. The molecular weight excluding hydrogens is 446 g/mol. The minimum atomic E-state index is -0.303. The molecule has 8 heteroatoms. The Morgan fingerprint density at radius 2 is 1.89 bits per heavy atom. The second-order valence-corrected chi connectivity index (χ2v) is 10.2. The number of fused-ring (bicyclic) bond motifs is 2. The van der Waals surface area contributed by atoms with E-state index in [-0.39, 0.29) is 41.2 Å². The Kier molecular flexibility index (Phi) is 7.62. The van der Waals surface area contributed by atoms with E-state index in [4.69, 9.17) is 14.0 Å². The summed E-state index contributed by atoms with van der Waals surface area (Å²) >= 11 is 0. The van der Waals surface area contributed by atoms with Gasteiger partial charge in [0.15, 0.2) is 5.69 Å². The third-order valence-corrected chi connectivity index (χ3v) is 7.35. The highest BCUT2D eigenvalue weighted by atomic mass is 16.5. The van der Waals surface area contributed by atoms with Crippen LogP contribution in [0.5, 0.6) is 0 Å². The molecule has 1 aliphatic heterocycles. The summed E-state index contributed by atoms with van der Waals surface area (Å²) in [6, 6.07) is 9.78. The Morgan fingerprint density at radius 1 is 1.17 bits per heavy atom. The van der Waals surface area contributed by atoms with Gasteiger partial charge in [-0.05, 0) is 24.0 Å². The maximum atomic E-state index is 13.2. The minimum Gasteiger partial charge on any atom is -0.382 e. The zero-order chi connectivity index (χ0) is 25.2. The lowest BCUT2D eigenvalue weighted by Crippen LogP contribution is -2.52. The number of methoxy groups -OCH3 is 1. The first-order valence-electron chi connectivity index (χ1n) is 12.5. The highest BCUT2D eigenvalue weighted by Gasteiger charge is 2.54. The van der Waals surface area contributed by atoms with Gasteiger partial charge in [-0.3, -0.25) is 9.59 Å². The molecule has 0 unspecified atom stereocenters. The van der Waals surface area contributed by atoms with Gasteiger partial charge in [-0.1, -0.05) is 57.1 Å². The number of hydrogen-bond acceptors (Lipinski definition) is 6. The van der Waals surface area contributed by atoms with Gasteiger partial charge in [0, 0.05) is 43.5 Å². The van der Waals surface area contributed by atoms with Crippen LogP contribution in [-0.2, 0) is 19.7 Å². The van der Waals surface area contributed by atoms with Crippen molar-refractivity contribution in [2.45, 2.75) is 64.0 Å². The van der Waals surface area contributed by atoms with Gasteiger partial charge in [-0.2, -0.15) is 0 Å². The number of rotatable bonds is 8. The Balaban J connectivity index is 1.59. The Morgan fingerprint density at radius 3 is 2.51 bits per heavy atom. The maximum absolute atomic E-state index is 13.2.